The van der Waals surface area contributed by atoms with Gasteiger partial charge in [0.25, 0.3) is 0 Å². The highest BCUT2D eigenvalue weighted by Gasteiger charge is 2.37. The Bertz CT molecular complexity index is 1810. The Morgan fingerprint density at radius 3 is 2.51 bits per heavy atom. The zero-order valence-corrected chi connectivity index (χ0v) is 29.6. The minimum Gasteiger partial charge on any atom is -0.477 e. The van der Waals surface area contributed by atoms with Crippen LogP contribution in [0.1, 0.15) is 48.8 Å². The number of carboxylic acid groups (broad SMARTS) is 1. The van der Waals surface area contributed by atoms with Crippen molar-refractivity contribution >= 4 is 29.2 Å². The average Bonchev–Trinajstić information content (AvgIpc) is 3.63. The third-order valence-corrected chi connectivity index (χ3v) is 7.98. The number of amides is 1. The van der Waals surface area contributed by atoms with Crippen LogP contribution in [0.15, 0.2) is 24.4 Å². The predicted octanol–water partition coefficient (Wildman–Crippen LogP) is 3.92. The highest BCUT2D eigenvalue weighted by Crippen LogP contribution is 2.30. The summed E-state index contributed by atoms with van der Waals surface area (Å²) < 4.78 is 75.1. The number of anilines is 1. The van der Waals surface area contributed by atoms with Crippen molar-refractivity contribution in [2.75, 3.05) is 58.4 Å². The number of pyridine rings is 1. The molecule has 290 valence electrons. The van der Waals surface area contributed by atoms with E-state index in [2.05, 4.69) is 32.7 Å². The van der Waals surface area contributed by atoms with Gasteiger partial charge in [-0.05, 0) is 63.1 Å². The molecule has 1 amide bonds. The second-order valence-corrected chi connectivity index (χ2v) is 13.3. The van der Waals surface area contributed by atoms with Gasteiger partial charge in [-0.3, -0.25) is 0 Å². The van der Waals surface area contributed by atoms with Crippen molar-refractivity contribution in [1.82, 2.24) is 29.6 Å². The van der Waals surface area contributed by atoms with Crippen LogP contribution in [-0.2, 0) is 27.2 Å². The number of alkyl carbamates (subject to hydrolysis) is 1. The molecular formula is C33H42F4N8O8. The summed E-state index contributed by atoms with van der Waals surface area (Å²) in [5, 5.41) is 34.1. The summed E-state index contributed by atoms with van der Waals surface area (Å²) in [5.41, 5.74) is -1.42. The molecule has 1 aliphatic rings. The van der Waals surface area contributed by atoms with Gasteiger partial charge in [-0.25, -0.2) is 18.5 Å². The van der Waals surface area contributed by atoms with Crippen molar-refractivity contribution in [3.63, 3.8) is 0 Å². The Morgan fingerprint density at radius 2 is 1.85 bits per heavy atom. The van der Waals surface area contributed by atoms with Crippen LogP contribution in [0.2, 0.25) is 0 Å². The van der Waals surface area contributed by atoms with E-state index in [0.29, 0.717) is 13.0 Å². The number of alkyl halides is 4. The van der Waals surface area contributed by atoms with E-state index < -0.39 is 58.8 Å². The summed E-state index contributed by atoms with van der Waals surface area (Å²) in [7, 11) is 1.79. The van der Waals surface area contributed by atoms with Gasteiger partial charge in [0.2, 0.25) is 0 Å². The summed E-state index contributed by atoms with van der Waals surface area (Å²) in [6, 6.07) is 3.88. The molecular weight excluding hydrogens is 712 g/mol. The maximum Gasteiger partial charge on any atom is 0.408 e. The summed E-state index contributed by atoms with van der Waals surface area (Å²) in [5.74, 6) is 3.15. The summed E-state index contributed by atoms with van der Waals surface area (Å²) in [6.45, 7) is 5.97. The van der Waals surface area contributed by atoms with E-state index in [1.807, 2.05) is 4.90 Å². The number of ether oxygens (including phenoxy) is 3. The number of carboxylic acids is 1. The summed E-state index contributed by atoms with van der Waals surface area (Å²) >= 11 is 0. The number of hydrogen-bond acceptors (Lipinski definition) is 11. The van der Waals surface area contributed by atoms with Crippen LogP contribution in [0.4, 0.5) is 34.0 Å². The van der Waals surface area contributed by atoms with E-state index in [1.54, 1.807) is 40.0 Å². The van der Waals surface area contributed by atoms with Gasteiger partial charge in [0, 0.05) is 25.3 Å². The number of halogens is 4. The molecule has 0 unspecified atom stereocenters. The molecule has 0 radical (unpaired) electrons. The SMILES string of the molecule is CN1C[C@H](CCOCCOCCn2ncc(C(=O)O)c2[N+](=O)[O-])[C@@H](Nc2cccc3c(CC(F)(F)F)c(C#CCNC(=O)OC(C)(C)C)nn23)[C@@H](F)C1. The second-order valence-electron chi connectivity index (χ2n) is 13.3. The lowest BCUT2D eigenvalue weighted by molar-refractivity contribution is -0.393. The number of likely N-dealkylation sites (tertiary alicyclic amines) is 1. The minimum absolute atomic E-state index is 0.00775. The Morgan fingerprint density at radius 1 is 1.13 bits per heavy atom. The van der Waals surface area contributed by atoms with Crippen molar-refractivity contribution in [2.45, 2.75) is 64.1 Å². The zero-order valence-electron chi connectivity index (χ0n) is 29.6. The molecule has 4 heterocycles. The molecule has 3 atom stereocenters. The fourth-order valence-corrected chi connectivity index (χ4v) is 5.80. The van der Waals surface area contributed by atoms with Gasteiger partial charge in [-0.1, -0.05) is 17.1 Å². The van der Waals surface area contributed by atoms with Gasteiger partial charge in [-0.15, -0.1) is 4.68 Å². The highest BCUT2D eigenvalue weighted by molar-refractivity contribution is 5.91. The van der Waals surface area contributed by atoms with E-state index in [4.69, 9.17) is 19.3 Å². The second kappa shape index (κ2) is 17.7. The Kier molecular flexibility index (Phi) is 13.6. The number of fused-ring (bicyclic) bond motifs is 1. The van der Waals surface area contributed by atoms with Gasteiger partial charge < -0.3 is 45.0 Å². The third-order valence-electron chi connectivity index (χ3n) is 7.98. The monoisotopic (exact) mass is 754 g/mol. The number of nitro groups is 1. The van der Waals surface area contributed by atoms with Crippen molar-refractivity contribution in [3.8, 4) is 11.8 Å². The lowest BCUT2D eigenvalue weighted by Gasteiger charge is -2.40. The van der Waals surface area contributed by atoms with Gasteiger partial charge in [0.1, 0.15) is 29.8 Å². The van der Waals surface area contributed by atoms with E-state index in [1.165, 1.54) is 10.6 Å². The molecule has 53 heavy (non-hydrogen) atoms. The normalized spacial score (nSPS) is 18.0. The quantitative estimate of drug-likeness (QED) is 0.0669. The number of hydrogen-bond donors (Lipinski definition) is 3. The Hall–Kier alpha value is -5.00. The fraction of sp³-hybridized carbons (Fsp3) is 0.576. The summed E-state index contributed by atoms with van der Waals surface area (Å²) in [4.78, 5) is 35.4. The smallest absolute Gasteiger partial charge is 0.408 e. The molecule has 3 aromatic heterocycles. The molecule has 1 saturated heterocycles. The summed E-state index contributed by atoms with van der Waals surface area (Å²) in [6.07, 6.45) is -6.61. The number of nitrogens with zero attached hydrogens (tertiary/aromatic N) is 6. The lowest BCUT2D eigenvalue weighted by atomic mass is 9.88. The largest absolute Gasteiger partial charge is 0.477 e. The van der Waals surface area contributed by atoms with Crippen LogP contribution in [0.25, 0.3) is 5.52 Å². The molecule has 0 aromatic carbocycles. The lowest BCUT2D eigenvalue weighted by Crippen LogP contribution is -2.53. The predicted molar refractivity (Wildman–Crippen MR) is 181 cm³/mol. The van der Waals surface area contributed by atoms with Crippen molar-refractivity contribution in [1.29, 1.82) is 0 Å². The molecule has 4 rings (SSSR count). The molecule has 0 bridgehead atoms. The van der Waals surface area contributed by atoms with Crippen molar-refractivity contribution in [3.05, 3.63) is 51.3 Å². The molecule has 0 spiro atoms. The molecule has 3 N–H and O–H groups in total. The van der Waals surface area contributed by atoms with E-state index in [9.17, 15) is 32.9 Å². The van der Waals surface area contributed by atoms with Crippen LogP contribution in [-0.4, -0.2) is 123 Å². The van der Waals surface area contributed by atoms with Gasteiger partial charge in [0.05, 0.1) is 50.5 Å². The van der Waals surface area contributed by atoms with E-state index in [-0.39, 0.29) is 74.6 Å². The van der Waals surface area contributed by atoms with Crippen LogP contribution in [0, 0.1) is 27.9 Å². The van der Waals surface area contributed by atoms with Crippen LogP contribution in [0.3, 0.4) is 0 Å². The van der Waals surface area contributed by atoms with E-state index >= 15 is 4.39 Å². The maximum absolute atomic E-state index is 15.6. The molecule has 16 nitrogen and oxygen atoms in total. The first-order valence-corrected chi connectivity index (χ1v) is 16.6. The number of carbonyl (C=O) groups is 2. The maximum atomic E-state index is 15.6. The number of rotatable bonds is 15. The topological polar surface area (TPSA) is 188 Å². The zero-order chi connectivity index (χ0) is 38.9. The number of piperidine rings is 1. The molecule has 20 heteroatoms. The van der Waals surface area contributed by atoms with Crippen molar-refractivity contribution < 1.29 is 51.4 Å². The van der Waals surface area contributed by atoms with Crippen molar-refractivity contribution in [2.24, 2.45) is 5.92 Å². The molecule has 3 aromatic rings. The number of nitrogens with one attached hydrogen (secondary N) is 2. The standard InChI is InChI=1S/C33H42F4N8O8/c1-32(2,3)53-31(48)38-11-6-7-25-22(17-33(35,36)37)26-8-5-9-27(44(26)41-25)40-28-21(19-42(4)20-24(28)34)10-13-51-15-16-52-14-12-43-29(45(49)50)23(18-39-43)30(46)47/h5,8-9,18,21,24,28,40H,10-17,19-20H2,1-4H3,(H,38,48)(H,46,47)/t21-,24-,28+/m0/s1. The molecule has 1 aliphatic heterocycles. The third kappa shape index (κ3) is 11.8. The Labute approximate surface area is 301 Å². The number of aromatic nitrogens is 4. The molecule has 0 aliphatic carbocycles. The van der Waals surface area contributed by atoms with Crippen LogP contribution < -0.4 is 10.6 Å². The first-order chi connectivity index (χ1) is 24.9. The van der Waals surface area contributed by atoms with Gasteiger partial charge in [0.15, 0.2) is 5.56 Å². The minimum atomic E-state index is -4.57. The molecule has 1 fully saturated rings. The molecule has 0 saturated carbocycles. The van der Waals surface area contributed by atoms with Crippen LogP contribution in [0.5, 0.6) is 0 Å². The van der Waals surface area contributed by atoms with Gasteiger partial charge in [-0.2, -0.15) is 18.3 Å². The average molecular weight is 755 g/mol. The fourth-order valence-electron chi connectivity index (χ4n) is 5.80. The first-order valence-electron chi connectivity index (χ1n) is 16.6. The van der Waals surface area contributed by atoms with Gasteiger partial charge >= 0.3 is 24.1 Å². The van der Waals surface area contributed by atoms with E-state index in [0.717, 1.165) is 10.9 Å². The number of carbonyl (C=O) groups excluding carboxylic acids is 1. The Balaban J connectivity index is 1.38. The highest BCUT2D eigenvalue weighted by atomic mass is 19.4. The first kappa shape index (κ1) is 40.8. The number of aromatic carboxylic acids is 1. The van der Waals surface area contributed by atoms with Crippen LogP contribution >= 0.6 is 0 Å².